The predicted octanol–water partition coefficient (Wildman–Crippen LogP) is 2.30. The first-order valence-electron chi connectivity index (χ1n) is 7.50. The van der Waals surface area contributed by atoms with Gasteiger partial charge in [-0.1, -0.05) is 0 Å². The molecule has 2 aliphatic rings. The molecule has 0 N–H and O–H groups in total. The summed E-state index contributed by atoms with van der Waals surface area (Å²) in [6.07, 6.45) is 5.75. The maximum atomic E-state index is 4.75. The second-order valence-electron chi connectivity index (χ2n) is 6.00. The van der Waals surface area contributed by atoms with Crippen LogP contribution in [0.2, 0.25) is 0 Å². The van der Waals surface area contributed by atoms with Gasteiger partial charge in [0.15, 0.2) is 5.65 Å². The Morgan fingerprint density at radius 2 is 2.00 bits per heavy atom. The SMILES string of the molecule is CN1C2CCC1CN(c1ccc3cccnc3n1)CC2. The molecule has 2 unspecified atom stereocenters. The van der Waals surface area contributed by atoms with E-state index in [0.29, 0.717) is 6.04 Å². The lowest BCUT2D eigenvalue weighted by molar-refractivity contribution is 0.254. The average Bonchev–Trinajstić information content (AvgIpc) is 2.72. The molecule has 4 rings (SSSR count). The fourth-order valence-corrected chi connectivity index (χ4v) is 3.64. The molecule has 0 spiro atoms. The van der Waals surface area contributed by atoms with Crippen molar-refractivity contribution >= 4 is 16.9 Å². The zero-order valence-electron chi connectivity index (χ0n) is 11.9. The summed E-state index contributed by atoms with van der Waals surface area (Å²) < 4.78 is 0. The Balaban J connectivity index is 1.65. The highest BCUT2D eigenvalue weighted by Gasteiger charge is 2.34. The van der Waals surface area contributed by atoms with Crippen molar-refractivity contribution in [2.75, 3.05) is 25.0 Å². The first-order chi connectivity index (χ1) is 9.81. The lowest BCUT2D eigenvalue weighted by Gasteiger charge is -2.26. The van der Waals surface area contributed by atoms with Crippen LogP contribution in [0.5, 0.6) is 0 Å². The van der Waals surface area contributed by atoms with E-state index in [1.807, 2.05) is 12.3 Å². The Morgan fingerprint density at radius 3 is 2.95 bits per heavy atom. The van der Waals surface area contributed by atoms with Gasteiger partial charge in [0.2, 0.25) is 0 Å². The molecule has 0 aliphatic carbocycles. The molecule has 2 aliphatic heterocycles. The van der Waals surface area contributed by atoms with Crippen LogP contribution in [0.4, 0.5) is 5.82 Å². The zero-order chi connectivity index (χ0) is 13.5. The molecular weight excluding hydrogens is 248 g/mol. The van der Waals surface area contributed by atoms with Crippen molar-refractivity contribution in [1.82, 2.24) is 14.9 Å². The molecule has 2 bridgehead atoms. The smallest absolute Gasteiger partial charge is 0.161 e. The fraction of sp³-hybridized carbons (Fsp3) is 0.500. The highest BCUT2D eigenvalue weighted by atomic mass is 15.3. The maximum absolute atomic E-state index is 4.75. The predicted molar refractivity (Wildman–Crippen MR) is 80.9 cm³/mol. The van der Waals surface area contributed by atoms with Gasteiger partial charge < -0.3 is 4.90 Å². The topological polar surface area (TPSA) is 32.3 Å². The van der Waals surface area contributed by atoms with E-state index in [1.165, 1.54) is 19.3 Å². The molecule has 0 amide bonds. The number of fused-ring (bicyclic) bond motifs is 3. The number of aromatic nitrogens is 2. The van der Waals surface area contributed by atoms with Gasteiger partial charge in [0.05, 0.1) is 0 Å². The van der Waals surface area contributed by atoms with Crippen LogP contribution in [0.3, 0.4) is 0 Å². The summed E-state index contributed by atoms with van der Waals surface area (Å²) in [6, 6.07) is 9.76. The van der Waals surface area contributed by atoms with E-state index in [9.17, 15) is 0 Å². The Kier molecular flexibility index (Phi) is 2.84. The van der Waals surface area contributed by atoms with E-state index in [0.717, 1.165) is 36.0 Å². The van der Waals surface area contributed by atoms with Gasteiger partial charge in [-0.2, -0.15) is 0 Å². The van der Waals surface area contributed by atoms with Crippen molar-refractivity contribution in [3.63, 3.8) is 0 Å². The first-order valence-corrected chi connectivity index (χ1v) is 7.50. The molecule has 4 nitrogen and oxygen atoms in total. The second-order valence-corrected chi connectivity index (χ2v) is 6.00. The number of hydrogen-bond acceptors (Lipinski definition) is 4. The standard InChI is InChI=1S/C16H20N4/c1-19-13-5-6-14(19)11-20(10-8-13)15-7-4-12-3-2-9-17-16(12)18-15/h2-4,7,9,13-14H,5-6,8,10-11H2,1H3. The van der Waals surface area contributed by atoms with E-state index < -0.39 is 0 Å². The number of likely N-dealkylation sites (N-methyl/N-ethyl adjacent to an activating group) is 1. The molecule has 2 aromatic rings. The molecule has 4 heteroatoms. The number of anilines is 1. The summed E-state index contributed by atoms with van der Waals surface area (Å²) >= 11 is 0. The molecule has 2 aromatic heterocycles. The summed E-state index contributed by atoms with van der Waals surface area (Å²) in [5.74, 6) is 1.08. The quantitative estimate of drug-likeness (QED) is 0.794. The van der Waals surface area contributed by atoms with Crippen LogP contribution in [-0.4, -0.2) is 47.1 Å². The second kappa shape index (κ2) is 4.70. The van der Waals surface area contributed by atoms with Crippen molar-refractivity contribution in [2.24, 2.45) is 0 Å². The largest absolute Gasteiger partial charge is 0.355 e. The third kappa shape index (κ3) is 1.95. The first kappa shape index (κ1) is 12.1. The van der Waals surface area contributed by atoms with E-state index in [-0.39, 0.29) is 0 Å². The fourth-order valence-electron chi connectivity index (χ4n) is 3.64. The lowest BCUT2D eigenvalue weighted by atomic mass is 10.1. The van der Waals surface area contributed by atoms with Gasteiger partial charge in [-0.25, -0.2) is 9.97 Å². The van der Waals surface area contributed by atoms with Crippen LogP contribution in [0.15, 0.2) is 30.5 Å². The van der Waals surface area contributed by atoms with Crippen molar-refractivity contribution < 1.29 is 0 Å². The summed E-state index contributed by atoms with van der Waals surface area (Å²) in [7, 11) is 2.28. The van der Waals surface area contributed by atoms with E-state index >= 15 is 0 Å². The Bertz CT molecular complexity index is 627. The highest BCUT2D eigenvalue weighted by Crippen LogP contribution is 2.30. The number of rotatable bonds is 1. The van der Waals surface area contributed by atoms with Crippen LogP contribution in [0.25, 0.3) is 11.0 Å². The normalized spacial score (nSPS) is 26.9. The third-order valence-corrected chi connectivity index (χ3v) is 4.92. The molecule has 0 radical (unpaired) electrons. The Morgan fingerprint density at radius 1 is 1.10 bits per heavy atom. The van der Waals surface area contributed by atoms with Crippen molar-refractivity contribution in [1.29, 1.82) is 0 Å². The van der Waals surface area contributed by atoms with Crippen LogP contribution in [-0.2, 0) is 0 Å². The molecule has 4 heterocycles. The van der Waals surface area contributed by atoms with E-state index in [4.69, 9.17) is 4.98 Å². The van der Waals surface area contributed by atoms with Crippen LogP contribution >= 0.6 is 0 Å². The van der Waals surface area contributed by atoms with Gasteiger partial charge in [-0.05, 0) is 50.6 Å². The molecule has 2 saturated heterocycles. The monoisotopic (exact) mass is 268 g/mol. The van der Waals surface area contributed by atoms with Crippen LogP contribution < -0.4 is 4.90 Å². The molecule has 0 saturated carbocycles. The summed E-state index contributed by atoms with van der Waals surface area (Å²) in [5.41, 5.74) is 0.854. The minimum Gasteiger partial charge on any atom is -0.355 e. The zero-order valence-corrected chi connectivity index (χ0v) is 11.9. The van der Waals surface area contributed by atoms with Gasteiger partial charge in [0.1, 0.15) is 5.82 Å². The number of hydrogen-bond donors (Lipinski definition) is 0. The Labute approximate surface area is 119 Å². The summed E-state index contributed by atoms with van der Waals surface area (Å²) in [6.45, 7) is 2.20. The molecule has 2 atom stereocenters. The minimum atomic E-state index is 0.684. The summed E-state index contributed by atoms with van der Waals surface area (Å²) in [4.78, 5) is 14.1. The van der Waals surface area contributed by atoms with Gasteiger partial charge in [0.25, 0.3) is 0 Å². The van der Waals surface area contributed by atoms with Gasteiger partial charge in [-0.3, -0.25) is 4.90 Å². The molecule has 0 aromatic carbocycles. The van der Waals surface area contributed by atoms with Crippen molar-refractivity contribution in [3.05, 3.63) is 30.5 Å². The average molecular weight is 268 g/mol. The van der Waals surface area contributed by atoms with Gasteiger partial charge >= 0.3 is 0 Å². The number of pyridine rings is 2. The van der Waals surface area contributed by atoms with Crippen LogP contribution in [0.1, 0.15) is 19.3 Å². The molecule has 104 valence electrons. The van der Waals surface area contributed by atoms with E-state index in [1.54, 1.807) is 0 Å². The van der Waals surface area contributed by atoms with Crippen LogP contribution in [0, 0.1) is 0 Å². The third-order valence-electron chi connectivity index (χ3n) is 4.92. The number of nitrogens with zero attached hydrogens (tertiary/aromatic N) is 4. The van der Waals surface area contributed by atoms with E-state index in [2.05, 4.69) is 40.0 Å². The Hall–Kier alpha value is -1.68. The maximum Gasteiger partial charge on any atom is 0.161 e. The molecule has 2 fully saturated rings. The molecular formula is C16H20N4. The highest BCUT2D eigenvalue weighted by molar-refractivity contribution is 5.76. The summed E-state index contributed by atoms with van der Waals surface area (Å²) in [5, 5.41) is 1.12. The van der Waals surface area contributed by atoms with Crippen molar-refractivity contribution in [3.8, 4) is 0 Å². The lowest BCUT2D eigenvalue weighted by Crippen LogP contribution is -2.36. The molecule has 20 heavy (non-hydrogen) atoms. The minimum absolute atomic E-state index is 0.684. The van der Waals surface area contributed by atoms with Crippen molar-refractivity contribution in [2.45, 2.75) is 31.3 Å². The van der Waals surface area contributed by atoms with Gasteiger partial charge in [-0.15, -0.1) is 0 Å². The van der Waals surface area contributed by atoms with Gasteiger partial charge in [0, 0.05) is 36.8 Å².